The summed E-state index contributed by atoms with van der Waals surface area (Å²) in [5.74, 6) is -0.163. The number of aromatic hydroxyl groups is 1. The van der Waals surface area contributed by atoms with Gasteiger partial charge in [0, 0.05) is 5.56 Å². The molecule has 16 heavy (non-hydrogen) atoms. The van der Waals surface area contributed by atoms with Crippen LogP contribution in [0.5, 0.6) is 6.08 Å². The molecule has 4 nitrogen and oxygen atoms in total. The first kappa shape index (κ1) is 10.5. The third kappa shape index (κ3) is 1.97. The summed E-state index contributed by atoms with van der Waals surface area (Å²) in [5, 5.41) is 15.3. The quantitative estimate of drug-likeness (QED) is 0.817. The molecule has 2 rings (SSSR count). The fourth-order valence-corrected chi connectivity index (χ4v) is 1.16. The van der Waals surface area contributed by atoms with Crippen LogP contribution in [-0.2, 0) is 6.18 Å². The monoisotopic (exact) mass is 230 g/mol. The molecule has 1 aromatic carbocycles. The largest absolute Gasteiger partial charge is 0.465 e. The summed E-state index contributed by atoms with van der Waals surface area (Å²) in [6, 6.07) is 4.40. The van der Waals surface area contributed by atoms with Crippen LogP contribution in [-0.4, -0.2) is 15.3 Å². The molecule has 0 unspecified atom stereocenters. The Bertz CT molecular complexity index is 507. The smallest absolute Gasteiger partial charge is 0.416 e. The molecule has 0 saturated heterocycles. The molecule has 0 aliphatic rings. The zero-order valence-corrected chi connectivity index (χ0v) is 7.69. The van der Waals surface area contributed by atoms with Gasteiger partial charge >= 0.3 is 12.3 Å². The SMILES string of the molecule is Oc1nnc(-c2cccc(C(F)(F)F)c2)o1. The van der Waals surface area contributed by atoms with Gasteiger partial charge in [-0.15, -0.1) is 5.10 Å². The predicted octanol–water partition coefficient (Wildman–Crippen LogP) is 2.46. The normalized spacial score (nSPS) is 11.7. The van der Waals surface area contributed by atoms with Gasteiger partial charge in [-0.1, -0.05) is 11.2 Å². The molecule has 0 aliphatic heterocycles. The fourth-order valence-electron chi connectivity index (χ4n) is 1.16. The molecule has 2 aromatic rings. The van der Waals surface area contributed by atoms with E-state index in [2.05, 4.69) is 14.6 Å². The third-order valence-electron chi connectivity index (χ3n) is 1.85. The number of rotatable bonds is 1. The lowest BCUT2D eigenvalue weighted by molar-refractivity contribution is -0.137. The van der Waals surface area contributed by atoms with Crippen LogP contribution >= 0.6 is 0 Å². The van der Waals surface area contributed by atoms with Gasteiger partial charge in [-0.3, -0.25) is 0 Å². The van der Waals surface area contributed by atoms with Crippen molar-refractivity contribution in [3.05, 3.63) is 29.8 Å². The molecule has 1 aromatic heterocycles. The topological polar surface area (TPSA) is 59.2 Å². The van der Waals surface area contributed by atoms with E-state index in [-0.39, 0.29) is 11.5 Å². The standard InChI is InChI=1S/C9H5F3N2O2/c10-9(11,12)6-3-1-2-5(4-6)7-13-14-8(15)16-7/h1-4H,(H,14,15). The molecule has 7 heteroatoms. The minimum Gasteiger partial charge on any atom is -0.465 e. The van der Waals surface area contributed by atoms with Crippen LogP contribution in [0.1, 0.15) is 5.56 Å². The summed E-state index contributed by atoms with van der Waals surface area (Å²) in [5.41, 5.74) is -0.717. The number of alkyl halides is 3. The van der Waals surface area contributed by atoms with Crippen molar-refractivity contribution >= 4 is 0 Å². The zero-order chi connectivity index (χ0) is 11.8. The van der Waals surface area contributed by atoms with Crippen molar-refractivity contribution in [2.45, 2.75) is 6.18 Å². The number of hydrogen-bond acceptors (Lipinski definition) is 4. The highest BCUT2D eigenvalue weighted by molar-refractivity contribution is 5.54. The van der Waals surface area contributed by atoms with Crippen molar-refractivity contribution < 1.29 is 22.7 Å². The second-order valence-electron chi connectivity index (χ2n) is 2.97. The van der Waals surface area contributed by atoms with Crippen molar-refractivity contribution in [2.75, 3.05) is 0 Å². The number of halogens is 3. The van der Waals surface area contributed by atoms with Gasteiger partial charge in [0.05, 0.1) is 5.56 Å². The highest BCUT2D eigenvalue weighted by Gasteiger charge is 2.30. The lowest BCUT2D eigenvalue weighted by Crippen LogP contribution is -2.04. The Kier molecular flexibility index (Phi) is 2.30. The van der Waals surface area contributed by atoms with E-state index in [0.29, 0.717) is 0 Å². The minimum atomic E-state index is -4.43. The summed E-state index contributed by atoms with van der Waals surface area (Å²) < 4.78 is 41.7. The average Bonchev–Trinajstić information content (AvgIpc) is 2.64. The minimum absolute atomic E-state index is 0.0997. The summed E-state index contributed by atoms with van der Waals surface area (Å²) in [6.07, 6.45) is -5.12. The molecule has 0 spiro atoms. The number of nitrogens with zero attached hydrogens (tertiary/aromatic N) is 2. The summed E-state index contributed by atoms with van der Waals surface area (Å²) in [6.45, 7) is 0. The van der Waals surface area contributed by atoms with E-state index in [1.807, 2.05) is 0 Å². The summed E-state index contributed by atoms with van der Waals surface area (Å²) in [7, 11) is 0. The van der Waals surface area contributed by atoms with Gasteiger partial charge in [-0.05, 0) is 18.2 Å². The Morgan fingerprint density at radius 2 is 1.94 bits per heavy atom. The molecular formula is C9H5F3N2O2. The molecular weight excluding hydrogens is 225 g/mol. The first-order chi connectivity index (χ1) is 7.47. The lowest BCUT2D eigenvalue weighted by Gasteiger charge is -2.06. The molecule has 0 saturated carbocycles. The molecule has 84 valence electrons. The second kappa shape index (κ2) is 3.51. The summed E-state index contributed by atoms with van der Waals surface area (Å²) >= 11 is 0. The van der Waals surface area contributed by atoms with E-state index >= 15 is 0 Å². The Labute approximate surface area is 87.3 Å². The average molecular weight is 230 g/mol. The third-order valence-corrected chi connectivity index (χ3v) is 1.85. The van der Waals surface area contributed by atoms with Crippen LogP contribution in [0.15, 0.2) is 28.7 Å². The van der Waals surface area contributed by atoms with Gasteiger partial charge in [-0.2, -0.15) is 13.2 Å². The molecule has 0 fully saturated rings. The van der Waals surface area contributed by atoms with Gasteiger partial charge in [0.15, 0.2) is 0 Å². The van der Waals surface area contributed by atoms with Crippen molar-refractivity contribution in [3.8, 4) is 17.5 Å². The van der Waals surface area contributed by atoms with Gasteiger partial charge in [0.25, 0.3) is 5.89 Å². The molecule has 0 bridgehead atoms. The number of benzene rings is 1. The van der Waals surface area contributed by atoms with Crippen molar-refractivity contribution in [1.29, 1.82) is 0 Å². The molecule has 0 radical (unpaired) electrons. The van der Waals surface area contributed by atoms with Crippen LogP contribution in [0, 0.1) is 0 Å². The van der Waals surface area contributed by atoms with E-state index in [4.69, 9.17) is 5.11 Å². The first-order valence-corrected chi connectivity index (χ1v) is 4.17. The fraction of sp³-hybridized carbons (Fsp3) is 0.111. The van der Waals surface area contributed by atoms with Crippen LogP contribution in [0.25, 0.3) is 11.5 Å². The van der Waals surface area contributed by atoms with Crippen LogP contribution in [0.2, 0.25) is 0 Å². The zero-order valence-electron chi connectivity index (χ0n) is 7.69. The van der Waals surface area contributed by atoms with E-state index < -0.39 is 17.8 Å². The maximum Gasteiger partial charge on any atom is 0.416 e. The van der Waals surface area contributed by atoms with Crippen LogP contribution in [0.3, 0.4) is 0 Å². The highest BCUT2D eigenvalue weighted by atomic mass is 19.4. The van der Waals surface area contributed by atoms with E-state index in [9.17, 15) is 13.2 Å². The molecule has 1 heterocycles. The molecule has 1 N–H and O–H groups in total. The predicted molar refractivity (Wildman–Crippen MR) is 46.4 cm³/mol. The Balaban J connectivity index is 2.44. The number of aromatic nitrogens is 2. The van der Waals surface area contributed by atoms with Crippen LogP contribution < -0.4 is 0 Å². The van der Waals surface area contributed by atoms with Gasteiger partial charge in [-0.25, -0.2) is 0 Å². The maximum absolute atomic E-state index is 12.4. The lowest BCUT2D eigenvalue weighted by atomic mass is 10.1. The van der Waals surface area contributed by atoms with E-state index in [0.717, 1.165) is 12.1 Å². The number of hydrogen-bond donors (Lipinski definition) is 1. The van der Waals surface area contributed by atoms with Crippen molar-refractivity contribution in [2.24, 2.45) is 0 Å². The van der Waals surface area contributed by atoms with E-state index in [1.54, 1.807) is 0 Å². The van der Waals surface area contributed by atoms with Crippen molar-refractivity contribution in [1.82, 2.24) is 10.2 Å². The second-order valence-corrected chi connectivity index (χ2v) is 2.97. The Hall–Kier alpha value is -2.05. The van der Waals surface area contributed by atoms with Crippen molar-refractivity contribution in [3.63, 3.8) is 0 Å². The van der Waals surface area contributed by atoms with Gasteiger partial charge in [0.2, 0.25) is 0 Å². The Morgan fingerprint density at radius 3 is 2.50 bits per heavy atom. The van der Waals surface area contributed by atoms with E-state index in [1.165, 1.54) is 12.1 Å². The highest BCUT2D eigenvalue weighted by Crippen LogP contribution is 2.32. The van der Waals surface area contributed by atoms with Crippen LogP contribution in [0.4, 0.5) is 13.2 Å². The van der Waals surface area contributed by atoms with Gasteiger partial charge in [0.1, 0.15) is 0 Å². The molecule has 0 amide bonds. The molecule has 0 atom stereocenters. The maximum atomic E-state index is 12.4. The molecule has 0 aliphatic carbocycles. The van der Waals surface area contributed by atoms with Gasteiger partial charge < -0.3 is 9.52 Å². The summed E-state index contributed by atoms with van der Waals surface area (Å²) in [4.78, 5) is 0. The first-order valence-electron chi connectivity index (χ1n) is 4.17. The Morgan fingerprint density at radius 1 is 1.19 bits per heavy atom.